The number of rotatable bonds is 5. The summed E-state index contributed by atoms with van der Waals surface area (Å²) in [5.74, 6) is -0.290. The van der Waals surface area contributed by atoms with Crippen LogP contribution in [0.15, 0.2) is 42.5 Å². The molecule has 22 heavy (non-hydrogen) atoms. The number of carbonyl (C=O) groups excluding carboxylic acids is 2. The van der Waals surface area contributed by atoms with Crippen LogP contribution in [0.5, 0.6) is 17.2 Å². The molecule has 0 heterocycles. The molecule has 0 saturated carbocycles. The zero-order chi connectivity index (χ0) is 16.1. The Morgan fingerprint density at radius 2 is 1.82 bits per heavy atom. The van der Waals surface area contributed by atoms with Gasteiger partial charge in [0.2, 0.25) is 0 Å². The van der Waals surface area contributed by atoms with Crippen molar-refractivity contribution in [3.63, 3.8) is 0 Å². The number of ketones is 1. The third kappa shape index (κ3) is 3.32. The second-order valence-electron chi connectivity index (χ2n) is 4.52. The Kier molecular flexibility index (Phi) is 4.58. The zero-order valence-electron chi connectivity index (χ0n) is 11.8. The second-order valence-corrected chi connectivity index (χ2v) is 4.52. The van der Waals surface area contributed by atoms with E-state index in [4.69, 9.17) is 4.74 Å². The average Bonchev–Trinajstić information content (AvgIpc) is 2.53. The minimum Gasteiger partial charge on any atom is -0.508 e. The number of benzene rings is 2. The van der Waals surface area contributed by atoms with Crippen molar-refractivity contribution in [2.75, 3.05) is 7.11 Å². The summed E-state index contributed by atoms with van der Waals surface area (Å²) in [6, 6.07) is 8.84. The summed E-state index contributed by atoms with van der Waals surface area (Å²) in [4.78, 5) is 23.1. The molecule has 0 amide bonds. The number of phenolic OH excluding ortho intramolecular Hbond substituents is 2. The van der Waals surface area contributed by atoms with Crippen molar-refractivity contribution in [2.24, 2.45) is 0 Å². The molecule has 2 aromatic carbocycles. The maximum atomic E-state index is 12.2. The standard InChI is InChI=1S/C17H14O5/c1-22-17-9-16(21)12(10-18)8-14(17)15(20)7-4-11-2-5-13(19)6-3-11/h2-10,19,21H,1H3/b7-4+. The Bertz CT molecular complexity index is 729. The molecule has 112 valence electrons. The van der Waals surface area contributed by atoms with Gasteiger partial charge in [-0.2, -0.15) is 0 Å². The number of aldehydes is 1. The number of phenols is 2. The summed E-state index contributed by atoms with van der Waals surface area (Å²) in [6.07, 6.45) is 3.37. The highest BCUT2D eigenvalue weighted by atomic mass is 16.5. The largest absolute Gasteiger partial charge is 0.508 e. The summed E-state index contributed by atoms with van der Waals surface area (Å²) >= 11 is 0. The average molecular weight is 298 g/mol. The normalized spacial score (nSPS) is 10.6. The van der Waals surface area contributed by atoms with Crippen LogP contribution in [0, 0.1) is 0 Å². The van der Waals surface area contributed by atoms with Gasteiger partial charge in [-0.15, -0.1) is 0 Å². The first kappa shape index (κ1) is 15.3. The Morgan fingerprint density at radius 3 is 2.41 bits per heavy atom. The first-order valence-corrected chi connectivity index (χ1v) is 6.42. The first-order valence-electron chi connectivity index (χ1n) is 6.42. The van der Waals surface area contributed by atoms with E-state index in [1.807, 2.05) is 0 Å². The Morgan fingerprint density at radius 1 is 1.14 bits per heavy atom. The van der Waals surface area contributed by atoms with Crippen molar-refractivity contribution >= 4 is 18.1 Å². The minimum absolute atomic E-state index is 0.0159. The van der Waals surface area contributed by atoms with Crippen molar-refractivity contribution in [2.45, 2.75) is 0 Å². The summed E-state index contributed by atoms with van der Waals surface area (Å²) in [5, 5.41) is 18.8. The third-order valence-electron chi connectivity index (χ3n) is 3.06. The minimum atomic E-state index is -0.368. The quantitative estimate of drug-likeness (QED) is 0.504. The molecule has 0 aliphatic rings. The van der Waals surface area contributed by atoms with Gasteiger partial charge in [-0.05, 0) is 29.8 Å². The fourth-order valence-corrected chi connectivity index (χ4v) is 1.89. The molecule has 0 radical (unpaired) electrons. The SMILES string of the molecule is COc1cc(O)c(C=O)cc1C(=O)/C=C/c1ccc(O)cc1. The highest BCUT2D eigenvalue weighted by Gasteiger charge is 2.14. The van der Waals surface area contributed by atoms with E-state index < -0.39 is 0 Å². The van der Waals surface area contributed by atoms with Gasteiger partial charge in [0.1, 0.15) is 17.2 Å². The number of aromatic hydroxyl groups is 2. The first-order chi connectivity index (χ1) is 10.5. The van der Waals surface area contributed by atoms with Crippen LogP contribution in [0.25, 0.3) is 6.08 Å². The topological polar surface area (TPSA) is 83.8 Å². The number of hydrogen-bond acceptors (Lipinski definition) is 5. The van der Waals surface area contributed by atoms with Gasteiger partial charge in [-0.3, -0.25) is 9.59 Å². The molecular formula is C17H14O5. The lowest BCUT2D eigenvalue weighted by molar-refractivity contribution is 0.104. The smallest absolute Gasteiger partial charge is 0.189 e. The van der Waals surface area contributed by atoms with E-state index in [1.165, 1.54) is 37.5 Å². The third-order valence-corrected chi connectivity index (χ3v) is 3.06. The summed E-state index contributed by atoms with van der Waals surface area (Å²) in [7, 11) is 1.37. The van der Waals surface area contributed by atoms with Crippen LogP contribution in [0.1, 0.15) is 26.3 Å². The fourth-order valence-electron chi connectivity index (χ4n) is 1.89. The van der Waals surface area contributed by atoms with Crippen LogP contribution in [-0.4, -0.2) is 29.4 Å². The predicted octanol–water partition coefficient (Wildman–Crippen LogP) is 2.82. The lowest BCUT2D eigenvalue weighted by atomic mass is 10.0. The van der Waals surface area contributed by atoms with Crippen LogP contribution >= 0.6 is 0 Å². The molecule has 2 rings (SSSR count). The fraction of sp³-hybridized carbons (Fsp3) is 0.0588. The lowest BCUT2D eigenvalue weighted by Crippen LogP contribution is -2.00. The van der Waals surface area contributed by atoms with E-state index in [0.29, 0.717) is 6.29 Å². The van der Waals surface area contributed by atoms with E-state index >= 15 is 0 Å². The molecule has 0 aliphatic heterocycles. The van der Waals surface area contributed by atoms with Gasteiger partial charge < -0.3 is 14.9 Å². The number of methoxy groups -OCH3 is 1. The molecule has 0 aliphatic carbocycles. The van der Waals surface area contributed by atoms with Gasteiger partial charge >= 0.3 is 0 Å². The molecule has 0 atom stereocenters. The maximum Gasteiger partial charge on any atom is 0.189 e. The summed E-state index contributed by atoms with van der Waals surface area (Å²) in [5.41, 5.74) is 0.930. The highest BCUT2D eigenvalue weighted by molar-refractivity contribution is 6.09. The number of carbonyl (C=O) groups is 2. The van der Waals surface area contributed by atoms with Crippen LogP contribution in [0.3, 0.4) is 0 Å². The zero-order valence-corrected chi connectivity index (χ0v) is 11.8. The summed E-state index contributed by atoms with van der Waals surface area (Å²) in [6.45, 7) is 0. The molecule has 0 unspecified atom stereocenters. The van der Waals surface area contributed by atoms with Crippen LogP contribution < -0.4 is 4.74 Å². The van der Waals surface area contributed by atoms with E-state index in [1.54, 1.807) is 18.2 Å². The van der Waals surface area contributed by atoms with Crippen molar-refractivity contribution in [3.05, 3.63) is 59.2 Å². The van der Waals surface area contributed by atoms with E-state index in [-0.39, 0.29) is 34.2 Å². The molecule has 0 saturated heterocycles. The van der Waals surface area contributed by atoms with E-state index in [2.05, 4.69) is 0 Å². The van der Waals surface area contributed by atoms with Gasteiger partial charge in [-0.25, -0.2) is 0 Å². The van der Waals surface area contributed by atoms with Crippen molar-refractivity contribution in [1.29, 1.82) is 0 Å². The number of allylic oxidation sites excluding steroid dienone is 1. The molecule has 2 N–H and O–H groups in total. The number of hydrogen-bond donors (Lipinski definition) is 2. The molecule has 0 aromatic heterocycles. The molecule has 5 nitrogen and oxygen atoms in total. The second kappa shape index (κ2) is 6.58. The van der Waals surface area contributed by atoms with Gasteiger partial charge in [0.15, 0.2) is 12.1 Å². The number of ether oxygens (including phenoxy) is 1. The molecule has 0 bridgehead atoms. The monoisotopic (exact) mass is 298 g/mol. The maximum absolute atomic E-state index is 12.2. The summed E-state index contributed by atoms with van der Waals surface area (Å²) < 4.78 is 5.05. The molecule has 2 aromatic rings. The predicted molar refractivity (Wildman–Crippen MR) is 81.5 cm³/mol. The molecule has 0 spiro atoms. The van der Waals surface area contributed by atoms with Crippen LogP contribution in [0.4, 0.5) is 0 Å². The van der Waals surface area contributed by atoms with Crippen LogP contribution in [-0.2, 0) is 0 Å². The molecule has 5 heteroatoms. The van der Waals surface area contributed by atoms with Crippen LogP contribution in [0.2, 0.25) is 0 Å². The van der Waals surface area contributed by atoms with Gasteiger partial charge in [0.25, 0.3) is 0 Å². The van der Waals surface area contributed by atoms with Gasteiger partial charge in [0.05, 0.1) is 18.2 Å². The Labute approximate surface area is 127 Å². The van der Waals surface area contributed by atoms with Gasteiger partial charge in [0, 0.05) is 6.07 Å². The lowest BCUT2D eigenvalue weighted by Gasteiger charge is -2.08. The Balaban J connectivity index is 2.32. The van der Waals surface area contributed by atoms with E-state index in [0.717, 1.165) is 5.56 Å². The van der Waals surface area contributed by atoms with Crippen molar-refractivity contribution in [3.8, 4) is 17.2 Å². The Hall–Kier alpha value is -3.08. The van der Waals surface area contributed by atoms with Crippen molar-refractivity contribution < 1.29 is 24.5 Å². The molecular weight excluding hydrogens is 284 g/mol. The molecule has 0 fully saturated rings. The van der Waals surface area contributed by atoms with Crippen molar-refractivity contribution in [1.82, 2.24) is 0 Å². The van der Waals surface area contributed by atoms with Gasteiger partial charge in [-0.1, -0.05) is 18.2 Å². The van der Waals surface area contributed by atoms with E-state index in [9.17, 15) is 19.8 Å². The highest BCUT2D eigenvalue weighted by Crippen LogP contribution is 2.28.